The molecule has 2 aliphatic heterocycles. The van der Waals surface area contributed by atoms with E-state index in [1.165, 1.54) is 25.0 Å². The van der Waals surface area contributed by atoms with Gasteiger partial charge in [-0.15, -0.1) is 0 Å². The zero-order chi connectivity index (χ0) is 26.5. The van der Waals surface area contributed by atoms with Crippen LogP contribution in [0.3, 0.4) is 0 Å². The first-order chi connectivity index (χ1) is 17.9. The molecule has 1 aromatic heterocycles. The van der Waals surface area contributed by atoms with Gasteiger partial charge < -0.3 is 9.80 Å². The Kier molecular flexibility index (Phi) is 5.11. The maximum atomic E-state index is 13.0. The summed E-state index contributed by atoms with van der Waals surface area (Å²) < 4.78 is 60.3. The van der Waals surface area contributed by atoms with Crippen molar-refractivity contribution in [3.05, 3.63) is 42.0 Å². The van der Waals surface area contributed by atoms with E-state index in [1.807, 2.05) is 20.8 Å². The molecule has 7 rings (SSSR count). The van der Waals surface area contributed by atoms with E-state index in [9.17, 15) is 22.2 Å². The van der Waals surface area contributed by atoms with E-state index in [1.54, 1.807) is 6.07 Å². The number of hydrogen-bond donors (Lipinski definition) is 1. The van der Waals surface area contributed by atoms with Gasteiger partial charge in [-0.3, -0.25) is 0 Å². The van der Waals surface area contributed by atoms with Crippen LogP contribution in [0.1, 0.15) is 61.9 Å². The molecule has 3 aliphatic carbocycles. The summed E-state index contributed by atoms with van der Waals surface area (Å²) in [5.74, 6) is 1.87. The average molecular weight is 549 g/mol. The minimum atomic E-state index is -5.08. The second-order valence-corrected chi connectivity index (χ2v) is 14.6. The standard InChI is InChI=1S/C26H31F3N6O2S/c27-26(28,29)38(30,37)21-3-1-2-17(7-21)6-18-8-24(9-18)12-33(13-24)23(36)34-14-25(15-34)10-20(11-25)35-16-31-22(32-35)19-4-5-19/h1-3,7,16,18-20,30H,4-6,8-15H2. The van der Waals surface area contributed by atoms with Crippen LogP contribution < -0.4 is 0 Å². The number of rotatable bonds is 5. The van der Waals surface area contributed by atoms with Crippen molar-refractivity contribution in [1.29, 1.82) is 4.78 Å². The first kappa shape index (κ1) is 24.4. The molecule has 5 fully saturated rings. The van der Waals surface area contributed by atoms with Crippen LogP contribution in [0.4, 0.5) is 18.0 Å². The Morgan fingerprint density at radius 2 is 1.68 bits per heavy atom. The third kappa shape index (κ3) is 3.93. The third-order valence-corrected chi connectivity index (χ3v) is 10.9. The van der Waals surface area contributed by atoms with Crippen LogP contribution in [-0.2, 0) is 16.1 Å². The predicted molar refractivity (Wildman–Crippen MR) is 132 cm³/mol. The molecule has 0 bridgehead atoms. The van der Waals surface area contributed by atoms with Gasteiger partial charge >= 0.3 is 11.5 Å². The molecule has 38 heavy (non-hydrogen) atoms. The maximum absolute atomic E-state index is 13.0. The first-order valence-corrected chi connectivity index (χ1v) is 14.9. The lowest BCUT2D eigenvalue weighted by atomic mass is 9.56. The lowest BCUT2D eigenvalue weighted by Crippen LogP contribution is -2.71. The Balaban J connectivity index is 0.858. The largest absolute Gasteiger partial charge is 0.483 e. The molecule has 1 N–H and O–H groups in total. The second kappa shape index (κ2) is 7.95. The van der Waals surface area contributed by atoms with Crippen molar-refractivity contribution in [2.45, 2.75) is 67.3 Å². The van der Waals surface area contributed by atoms with Crippen molar-refractivity contribution in [2.75, 3.05) is 26.2 Å². The Bertz CT molecular complexity index is 1370. The summed E-state index contributed by atoms with van der Waals surface area (Å²) in [6.07, 6.45) is 8.83. The summed E-state index contributed by atoms with van der Waals surface area (Å²) in [6.45, 7) is 3.11. The van der Waals surface area contributed by atoms with E-state index < -0.39 is 20.1 Å². The van der Waals surface area contributed by atoms with Gasteiger partial charge in [-0.1, -0.05) is 12.1 Å². The summed E-state index contributed by atoms with van der Waals surface area (Å²) in [7, 11) is -4.84. The highest BCUT2D eigenvalue weighted by Gasteiger charge is 2.58. The first-order valence-electron chi connectivity index (χ1n) is 13.3. The highest BCUT2D eigenvalue weighted by atomic mass is 32.2. The summed E-state index contributed by atoms with van der Waals surface area (Å²) in [4.78, 5) is 20.8. The van der Waals surface area contributed by atoms with E-state index in [0.717, 1.165) is 63.8 Å². The number of urea groups is 1. The number of likely N-dealkylation sites (tertiary alicyclic amines) is 2. The summed E-state index contributed by atoms with van der Waals surface area (Å²) in [5, 5.41) is 4.66. The predicted octanol–water partition coefficient (Wildman–Crippen LogP) is 4.79. The van der Waals surface area contributed by atoms with Gasteiger partial charge in [0, 0.05) is 42.9 Å². The topological polar surface area (TPSA) is 95.2 Å². The number of halogens is 3. The summed E-state index contributed by atoms with van der Waals surface area (Å²) in [5.41, 5.74) is -4.04. The van der Waals surface area contributed by atoms with Crippen molar-refractivity contribution < 1.29 is 22.2 Å². The van der Waals surface area contributed by atoms with Crippen molar-refractivity contribution in [2.24, 2.45) is 16.7 Å². The normalized spacial score (nSPS) is 25.9. The highest BCUT2D eigenvalue weighted by molar-refractivity contribution is 7.93. The van der Waals surface area contributed by atoms with E-state index in [2.05, 4.69) is 10.1 Å². The molecule has 1 unspecified atom stereocenters. The fraction of sp³-hybridized carbons (Fsp3) is 0.654. The number of carbonyl (C=O) groups excluding carboxylic acids is 1. The SMILES string of the molecule is N=S(=O)(c1cccc(CC2CC3(C2)CN(C(=O)N2CC4(CC(n5cnc(C6CC6)n5)C4)C2)C3)c1)C(F)(F)F. The summed E-state index contributed by atoms with van der Waals surface area (Å²) >= 11 is 0. The third-order valence-electron chi connectivity index (χ3n) is 9.35. The zero-order valence-electron chi connectivity index (χ0n) is 21.0. The number of benzene rings is 1. The maximum Gasteiger partial charge on any atom is 0.483 e. The number of hydrogen-bond acceptors (Lipinski definition) is 5. The number of alkyl halides is 3. The van der Waals surface area contributed by atoms with Crippen LogP contribution in [0.5, 0.6) is 0 Å². The average Bonchev–Trinajstić information content (AvgIpc) is 3.49. The van der Waals surface area contributed by atoms with Crippen LogP contribution in [-0.4, -0.2) is 66.5 Å². The van der Waals surface area contributed by atoms with Crippen LogP contribution in [0.15, 0.2) is 35.5 Å². The van der Waals surface area contributed by atoms with Crippen molar-refractivity contribution in [3.8, 4) is 0 Å². The molecule has 12 heteroatoms. The zero-order valence-corrected chi connectivity index (χ0v) is 21.8. The van der Waals surface area contributed by atoms with E-state index in [-0.39, 0.29) is 16.9 Å². The number of carbonyl (C=O) groups is 1. The Morgan fingerprint density at radius 3 is 2.29 bits per heavy atom. The highest BCUT2D eigenvalue weighted by Crippen LogP contribution is 2.56. The lowest BCUT2D eigenvalue weighted by Gasteiger charge is -2.63. The molecule has 1 aromatic carbocycles. The number of nitrogens with zero attached hydrogens (tertiary/aromatic N) is 5. The van der Waals surface area contributed by atoms with Gasteiger partial charge in [-0.05, 0) is 68.6 Å². The van der Waals surface area contributed by atoms with Crippen molar-refractivity contribution in [3.63, 3.8) is 0 Å². The minimum Gasteiger partial charge on any atom is -0.323 e. The molecule has 1 atom stereocenters. The molecule has 2 aromatic rings. The molecule has 8 nitrogen and oxygen atoms in total. The van der Waals surface area contributed by atoms with E-state index >= 15 is 0 Å². The molecule has 3 saturated carbocycles. The fourth-order valence-electron chi connectivity index (χ4n) is 7.26. The smallest absolute Gasteiger partial charge is 0.323 e. The Hall–Kier alpha value is -2.63. The Morgan fingerprint density at radius 1 is 1.05 bits per heavy atom. The van der Waals surface area contributed by atoms with Gasteiger partial charge in [0.05, 0.1) is 10.9 Å². The molecular weight excluding hydrogens is 517 g/mol. The molecular formula is C26H31F3N6O2S. The van der Waals surface area contributed by atoms with Gasteiger partial charge in [0.1, 0.15) is 6.33 Å². The van der Waals surface area contributed by atoms with E-state index in [4.69, 9.17) is 4.78 Å². The fourth-order valence-corrected chi connectivity index (χ4v) is 8.12. The van der Waals surface area contributed by atoms with Crippen LogP contribution in [0, 0.1) is 21.5 Å². The molecule has 0 radical (unpaired) electrons. The molecule has 3 heterocycles. The molecule has 204 valence electrons. The van der Waals surface area contributed by atoms with E-state index in [0.29, 0.717) is 29.9 Å². The van der Waals surface area contributed by atoms with Crippen LogP contribution >= 0.6 is 0 Å². The van der Waals surface area contributed by atoms with Gasteiger partial charge in [-0.2, -0.15) is 18.3 Å². The van der Waals surface area contributed by atoms with Gasteiger partial charge in [0.2, 0.25) is 0 Å². The van der Waals surface area contributed by atoms with Crippen molar-refractivity contribution in [1.82, 2.24) is 24.6 Å². The minimum absolute atomic E-state index is 0.120. The quantitative estimate of drug-likeness (QED) is 0.581. The number of nitrogens with one attached hydrogen (secondary N) is 1. The Labute approximate surface area is 219 Å². The van der Waals surface area contributed by atoms with Gasteiger partial charge in [0.25, 0.3) is 0 Å². The summed E-state index contributed by atoms with van der Waals surface area (Å²) in [6, 6.07) is 6.08. The van der Waals surface area contributed by atoms with Gasteiger partial charge in [-0.25, -0.2) is 23.4 Å². The molecule has 2 spiro atoms. The molecule has 5 aliphatic rings. The lowest BCUT2D eigenvalue weighted by molar-refractivity contribution is -0.107. The number of amides is 2. The monoisotopic (exact) mass is 548 g/mol. The van der Waals surface area contributed by atoms with Crippen LogP contribution in [0.25, 0.3) is 0 Å². The number of aromatic nitrogens is 3. The van der Waals surface area contributed by atoms with Crippen LogP contribution in [0.2, 0.25) is 0 Å². The van der Waals surface area contributed by atoms with Gasteiger partial charge in [0.15, 0.2) is 15.6 Å². The molecule has 2 amide bonds. The molecule has 2 saturated heterocycles. The second-order valence-electron chi connectivity index (χ2n) is 12.5. The van der Waals surface area contributed by atoms with Crippen molar-refractivity contribution >= 4 is 15.8 Å².